The molecule has 0 heterocycles. The Morgan fingerprint density at radius 1 is 0.362 bits per heavy atom. The molecule has 0 aliphatic heterocycles. The van der Waals surface area contributed by atoms with Crippen LogP contribution in [0.25, 0.3) is 0 Å². The monoisotopic (exact) mass is 1510 g/mol. The van der Waals surface area contributed by atoms with Crippen LogP contribution < -0.4 is 70.0 Å². The summed E-state index contributed by atoms with van der Waals surface area (Å²) in [5, 5.41) is 57.2. The molecule has 0 rings (SSSR count). The third-order valence-electron chi connectivity index (χ3n) is 15.8. The summed E-state index contributed by atoms with van der Waals surface area (Å²) in [6.07, 6.45) is 5.52. The summed E-state index contributed by atoms with van der Waals surface area (Å²) in [7, 11) is 0. The Kier molecular flexibility index (Phi) is 58.9. The molecule has 0 bridgehead atoms. The molecule has 37 nitrogen and oxygen atoms in total. The molecule has 606 valence electrons. The fourth-order valence-electron chi connectivity index (χ4n) is 9.00. The van der Waals surface area contributed by atoms with E-state index in [9.17, 15) is 63.2 Å². The van der Waals surface area contributed by atoms with E-state index in [1.165, 1.54) is 13.8 Å². The summed E-state index contributed by atoms with van der Waals surface area (Å²) in [5.74, 6) is -3.75. The minimum Gasteiger partial charge on any atom is -0.411 e. The zero-order valence-electron chi connectivity index (χ0n) is 63.4. The van der Waals surface area contributed by atoms with Gasteiger partial charge in [0.15, 0.2) is 0 Å². The van der Waals surface area contributed by atoms with Crippen LogP contribution in [0.2, 0.25) is 0 Å². The Morgan fingerprint density at radius 2 is 0.657 bits per heavy atom. The molecule has 0 radical (unpaired) electrons. The minimum atomic E-state index is -0.932. The lowest BCUT2D eigenvalue weighted by Crippen LogP contribution is -2.57. The van der Waals surface area contributed by atoms with Crippen molar-refractivity contribution in [3.05, 3.63) is 0 Å². The van der Waals surface area contributed by atoms with E-state index in [0.717, 1.165) is 0 Å². The molecule has 0 saturated carbocycles. The fourth-order valence-corrected chi connectivity index (χ4v) is 9.00. The number of nitrogens with zero attached hydrogens (tertiary/aromatic N) is 2. The number of primary amides is 2. The van der Waals surface area contributed by atoms with Crippen molar-refractivity contribution in [1.82, 2.24) is 58.5 Å². The second kappa shape index (κ2) is 63.1. The molecule has 3 atom stereocenters. The number of nitrogens with two attached hydrogens (primary N) is 2. The number of hydrogen-bond donors (Lipinski definition) is 15. The second-order valence-electron chi connectivity index (χ2n) is 25.9. The normalized spacial score (nSPS) is 12.8. The SMILES string of the molecule is CC(=O)CN[C@@H](CCCCNC(=O)COCCOCCOCC(=O)NCCCOCCOCCOCCCNC(=O)COCCOCCOCC(=O)NCCCC[C@H](NC(=O)CCCC(=O)NC(CNC(C)(C)/C(C)=N\O)CNC(C)(C)/C(C)=N\O)C(=O)NCCCC[C@H](NCC(C)=O)C(N)=O)C(N)=O. The summed E-state index contributed by atoms with van der Waals surface area (Å²) in [5.41, 5.74) is 10.3. The maximum Gasteiger partial charge on any atom is 0.246 e. The van der Waals surface area contributed by atoms with Gasteiger partial charge in [0.2, 0.25) is 53.2 Å². The lowest BCUT2D eigenvalue weighted by molar-refractivity contribution is -0.129. The van der Waals surface area contributed by atoms with Crippen molar-refractivity contribution in [2.75, 3.05) is 178 Å². The van der Waals surface area contributed by atoms with Crippen LogP contribution in [-0.4, -0.2) is 300 Å². The van der Waals surface area contributed by atoms with Gasteiger partial charge in [0.1, 0.15) is 44.0 Å². The maximum atomic E-state index is 13.5. The van der Waals surface area contributed by atoms with Gasteiger partial charge in [0.05, 0.1) is 133 Å². The molecule has 0 unspecified atom stereocenters. The Labute approximate surface area is 618 Å². The lowest BCUT2D eigenvalue weighted by Gasteiger charge is -2.32. The Hall–Kier alpha value is -7.01. The highest BCUT2D eigenvalue weighted by atomic mass is 16.6. The van der Waals surface area contributed by atoms with Gasteiger partial charge in [-0.2, -0.15) is 0 Å². The molecule has 9 amide bonds. The summed E-state index contributed by atoms with van der Waals surface area (Å²) in [6, 6.07) is -2.71. The van der Waals surface area contributed by atoms with Gasteiger partial charge in [0, 0.05) is 71.9 Å². The number of Topliss-reactive ketones (excluding diaryl/α,β-unsaturated/α-hetero) is 2. The van der Waals surface area contributed by atoms with Gasteiger partial charge >= 0.3 is 0 Å². The first-order valence-corrected chi connectivity index (χ1v) is 36.2. The summed E-state index contributed by atoms with van der Waals surface area (Å²) in [4.78, 5) is 134. The topological polar surface area (TPSA) is 520 Å². The van der Waals surface area contributed by atoms with E-state index < -0.39 is 58.9 Å². The molecule has 17 N–H and O–H groups in total. The zero-order valence-corrected chi connectivity index (χ0v) is 63.4. The van der Waals surface area contributed by atoms with Crippen LogP contribution in [-0.2, 0) is 95.4 Å². The van der Waals surface area contributed by atoms with Gasteiger partial charge < -0.3 is 112 Å². The highest BCUT2D eigenvalue weighted by molar-refractivity contribution is 5.91. The maximum absolute atomic E-state index is 13.5. The quantitative estimate of drug-likeness (QED) is 0.0131. The van der Waals surface area contributed by atoms with Crippen molar-refractivity contribution >= 4 is 76.2 Å². The van der Waals surface area contributed by atoms with E-state index in [4.69, 9.17) is 54.1 Å². The number of ether oxygens (including phenoxy) is 9. The Bertz CT molecular complexity index is 2500. The minimum absolute atomic E-state index is 0.00335. The molecule has 0 fully saturated rings. The Morgan fingerprint density at radius 3 is 0.981 bits per heavy atom. The van der Waals surface area contributed by atoms with Crippen LogP contribution in [0.3, 0.4) is 0 Å². The van der Waals surface area contributed by atoms with E-state index in [1.807, 2.05) is 27.7 Å². The highest BCUT2D eigenvalue weighted by Crippen LogP contribution is 2.10. The van der Waals surface area contributed by atoms with E-state index in [-0.39, 0.29) is 185 Å². The van der Waals surface area contributed by atoms with Crippen LogP contribution in [0.1, 0.15) is 145 Å². The number of ketones is 2. The van der Waals surface area contributed by atoms with Crippen LogP contribution >= 0.6 is 0 Å². The van der Waals surface area contributed by atoms with Gasteiger partial charge in [-0.15, -0.1) is 0 Å². The average molecular weight is 1510 g/mol. The molecule has 105 heavy (non-hydrogen) atoms. The first kappa shape index (κ1) is 98.0. The molecule has 0 aliphatic rings. The van der Waals surface area contributed by atoms with E-state index in [2.05, 4.69) is 68.8 Å². The number of carbonyl (C=O) groups excluding carboxylic acids is 11. The number of carbonyl (C=O) groups is 11. The fraction of sp³-hybridized carbons (Fsp3) is 0.809. The van der Waals surface area contributed by atoms with Crippen molar-refractivity contribution in [3.63, 3.8) is 0 Å². The summed E-state index contributed by atoms with van der Waals surface area (Å²) < 4.78 is 48.9. The molecular formula is C68H127N15O22. The van der Waals surface area contributed by atoms with Crippen molar-refractivity contribution in [2.24, 2.45) is 21.8 Å². The van der Waals surface area contributed by atoms with Crippen molar-refractivity contribution in [2.45, 2.75) is 181 Å². The van der Waals surface area contributed by atoms with Crippen molar-refractivity contribution in [3.8, 4) is 0 Å². The van der Waals surface area contributed by atoms with Gasteiger partial charge in [0.25, 0.3) is 0 Å². The smallest absolute Gasteiger partial charge is 0.246 e. The van der Waals surface area contributed by atoms with Gasteiger partial charge in [-0.1, -0.05) is 10.3 Å². The number of rotatable bonds is 72. The number of hydrogen-bond acceptors (Lipinski definition) is 28. The van der Waals surface area contributed by atoms with Crippen LogP contribution in [0.15, 0.2) is 10.3 Å². The van der Waals surface area contributed by atoms with E-state index >= 15 is 0 Å². The van der Waals surface area contributed by atoms with Crippen LogP contribution in [0.4, 0.5) is 0 Å². The predicted octanol–water partition coefficient (Wildman–Crippen LogP) is -2.35. The molecule has 0 aromatic heterocycles. The number of amides is 9. The molecule has 0 spiro atoms. The summed E-state index contributed by atoms with van der Waals surface area (Å²) in [6.45, 7) is 19.1. The average Bonchev–Trinajstić information content (AvgIpc) is 0.922. The molecule has 0 saturated heterocycles. The Balaban J connectivity index is 4.28. The second-order valence-corrected chi connectivity index (χ2v) is 25.9. The highest BCUT2D eigenvalue weighted by Gasteiger charge is 2.28. The predicted molar refractivity (Wildman–Crippen MR) is 388 cm³/mol. The molecule has 37 heteroatoms. The van der Waals surface area contributed by atoms with Gasteiger partial charge in [-0.05, 0) is 132 Å². The van der Waals surface area contributed by atoms with Crippen LogP contribution in [0, 0.1) is 0 Å². The third kappa shape index (κ3) is 57.9. The summed E-state index contributed by atoms with van der Waals surface area (Å²) >= 11 is 0. The number of oxime groups is 2. The number of unbranched alkanes of at least 4 members (excludes halogenated alkanes) is 3. The van der Waals surface area contributed by atoms with Crippen molar-refractivity contribution in [1.29, 1.82) is 0 Å². The zero-order chi connectivity index (χ0) is 78.4. The molecular weight excluding hydrogens is 1380 g/mol. The van der Waals surface area contributed by atoms with Gasteiger partial charge in [-0.25, -0.2) is 0 Å². The number of nitrogens with one attached hydrogen (secondary N) is 11. The standard InChI is InChI=1S/C68H127N15O22/c1-50(84)42-76-55(64(69)92)18-9-12-23-71-60(88)46-102-38-34-100-36-40-104-48-62(90)73-26-16-28-97-30-32-99-33-31-98-29-17-27-74-63(91)49-105-41-37-101-35-39-103-47-61(89)72-24-13-11-20-57(66(94)75-25-14-10-19-56(65(70)93)77-43-51(2)85)81-59(87)22-15-21-58(86)80-54(44-78-67(5,6)52(3)82-95)45-79-68(7,8)53(4)83-96/h54-57,76-79,95-96H,9-49H2,1-8H3,(H2,69,92)(H2,70,93)(H,71,88)(H,72,89)(H,73,90)(H,74,91)(H,75,94)(H,80,86)(H,81,87)/b82-52-,83-53-/t55-,56-,57-/m0/s1. The molecule has 0 aliphatic carbocycles. The first-order valence-electron chi connectivity index (χ1n) is 36.2. The van der Waals surface area contributed by atoms with E-state index in [0.29, 0.717) is 135 Å². The third-order valence-corrected chi connectivity index (χ3v) is 15.8. The van der Waals surface area contributed by atoms with Crippen molar-refractivity contribution < 1.29 is 106 Å². The lowest BCUT2D eigenvalue weighted by atomic mass is 9.98. The first-order chi connectivity index (χ1) is 50.1. The van der Waals surface area contributed by atoms with Crippen LogP contribution in [0.5, 0.6) is 0 Å². The molecule has 0 aromatic rings. The van der Waals surface area contributed by atoms with Gasteiger partial charge in [-0.3, -0.25) is 63.4 Å². The van der Waals surface area contributed by atoms with E-state index in [1.54, 1.807) is 13.8 Å². The largest absolute Gasteiger partial charge is 0.411 e. The molecule has 0 aromatic carbocycles.